The van der Waals surface area contributed by atoms with Crippen LogP contribution in [0.25, 0.3) is 0 Å². The summed E-state index contributed by atoms with van der Waals surface area (Å²) >= 11 is 0. The molecule has 3 N–H and O–H groups in total. The van der Waals surface area contributed by atoms with E-state index >= 15 is 0 Å². The standard InChI is InChI=1S/C44H91N2O6P/c1-6-8-10-12-14-16-18-20-21-22-23-24-26-27-29-31-33-35-37-43(47)42(41-52-53(49,50)51-40-39-46(3,4)5)45-44(48)38-36-34-32-30-28-25-19-17-15-13-11-9-7-2/h42-43,47H,6-41H2,1-5H3,(H-,45,48,49,50)/p+1. The number of nitrogens with zero attached hydrogens (tertiary/aromatic N) is 1. The molecule has 3 unspecified atom stereocenters. The van der Waals surface area contributed by atoms with Crippen molar-refractivity contribution in [3.63, 3.8) is 0 Å². The number of likely N-dealkylation sites (N-methyl/N-ethyl adjacent to an activating group) is 1. The van der Waals surface area contributed by atoms with Gasteiger partial charge >= 0.3 is 7.82 Å². The summed E-state index contributed by atoms with van der Waals surface area (Å²) in [5.41, 5.74) is 0. The third-order valence-electron chi connectivity index (χ3n) is 10.6. The molecule has 8 nitrogen and oxygen atoms in total. The number of quaternary nitrogens is 1. The van der Waals surface area contributed by atoms with Crippen molar-refractivity contribution in [2.45, 2.75) is 238 Å². The minimum absolute atomic E-state index is 0.0786. The first-order valence-corrected chi connectivity index (χ1v) is 24.4. The summed E-state index contributed by atoms with van der Waals surface area (Å²) in [6.07, 6.45) is 39.8. The van der Waals surface area contributed by atoms with Crippen LogP contribution in [-0.2, 0) is 18.4 Å². The third kappa shape index (κ3) is 39.5. The van der Waals surface area contributed by atoms with Crippen molar-refractivity contribution in [3.05, 3.63) is 0 Å². The van der Waals surface area contributed by atoms with Gasteiger partial charge < -0.3 is 19.8 Å². The van der Waals surface area contributed by atoms with Crippen LogP contribution in [0.5, 0.6) is 0 Å². The molecule has 0 aliphatic carbocycles. The summed E-state index contributed by atoms with van der Waals surface area (Å²) in [5.74, 6) is -0.141. The summed E-state index contributed by atoms with van der Waals surface area (Å²) in [6, 6.07) is -0.752. The molecule has 318 valence electrons. The van der Waals surface area contributed by atoms with Crippen LogP contribution in [0, 0.1) is 0 Å². The zero-order valence-corrected chi connectivity index (χ0v) is 36.9. The number of hydrogen-bond donors (Lipinski definition) is 3. The minimum Gasteiger partial charge on any atom is -0.391 e. The van der Waals surface area contributed by atoms with Gasteiger partial charge in [0.25, 0.3) is 0 Å². The fourth-order valence-corrected chi connectivity index (χ4v) is 7.67. The molecule has 0 aliphatic rings. The highest BCUT2D eigenvalue weighted by Gasteiger charge is 2.28. The maximum Gasteiger partial charge on any atom is 0.472 e. The number of carbonyl (C=O) groups excluding carboxylic acids is 1. The van der Waals surface area contributed by atoms with Gasteiger partial charge in [-0.2, -0.15) is 0 Å². The van der Waals surface area contributed by atoms with Crippen LogP contribution in [0.2, 0.25) is 0 Å². The van der Waals surface area contributed by atoms with Gasteiger partial charge in [-0.25, -0.2) is 4.57 Å². The molecular weight excluding hydrogens is 683 g/mol. The lowest BCUT2D eigenvalue weighted by Gasteiger charge is -2.26. The van der Waals surface area contributed by atoms with Gasteiger partial charge in [0, 0.05) is 6.42 Å². The van der Waals surface area contributed by atoms with Crippen LogP contribution in [0.4, 0.5) is 0 Å². The van der Waals surface area contributed by atoms with E-state index in [0.717, 1.165) is 38.5 Å². The largest absolute Gasteiger partial charge is 0.472 e. The Morgan fingerprint density at radius 3 is 1.26 bits per heavy atom. The second-order valence-corrected chi connectivity index (χ2v) is 18.6. The molecule has 0 aromatic heterocycles. The molecule has 9 heteroatoms. The number of phosphoric acid groups is 1. The molecule has 0 rings (SSSR count). The number of carbonyl (C=O) groups is 1. The summed E-state index contributed by atoms with van der Waals surface area (Å²) in [4.78, 5) is 23.1. The van der Waals surface area contributed by atoms with Crippen molar-refractivity contribution in [1.29, 1.82) is 0 Å². The summed E-state index contributed by atoms with van der Waals surface area (Å²) in [7, 11) is 1.63. The average Bonchev–Trinajstić information content (AvgIpc) is 3.10. The van der Waals surface area contributed by atoms with E-state index in [0.29, 0.717) is 23.9 Å². The third-order valence-corrected chi connectivity index (χ3v) is 11.6. The first-order chi connectivity index (χ1) is 25.5. The van der Waals surface area contributed by atoms with Crippen molar-refractivity contribution in [3.8, 4) is 0 Å². The number of amides is 1. The topological polar surface area (TPSA) is 105 Å². The molecule has 0 radical (unpaired) electrons. The fraction of sp³-hybridized carbons (Fsp3) is 0.977. The van der Waals surface area contributed by atoms with Crippen LogP contribution in [0.1, 0.15) is 226 Å². The first kappa shape index (κ1) is 52.5. The average molecular weight is 776 g/mol. The lowest BCUT2D eigenvalue weighted by atomic mass is 10.0. The maximum atomic E-state index is 12.9. The van der Waals surface area contributed by atoms with Crippen molar-refractivity contribution < 1.29 is 32.9 Å². The highest BCUT2D eigenvalue weighted by Crippen LogP contribution is 2.43. The highest BCUT2D eigenvalue weighted by molar-refractivity contribution is 7.47. The number of aliphatic hydroxyl groups excluding tert-OH is 1. The van der Waals surface area contributed by atoms with Crippen LogP contribution in [-0.4, -0.2) is 73.4 Å². The Kier molecular flexibility index (Phi) is 36.7. The lowest BCUT2D eigenvalue weighted by Crippen LogP contribution is -2.46. The van der Waals surface area contributed by atoms with E-state index in [1.54, 1.807) is 0 Å². The molecule has 3 atom stereocenters. The number of rotatable bonds is 42. The van der Waals surface area contributed by atoms with Crippen molar-refractivity contribution in [2.75, 3.05) is 40.9 Å². The molecule has 0 spiro atoms. The maximum absolute atomic E-state index is 12.9. The van der Waals surface area contributed by atoms with Crippen molar-refractivity contribution in [1.82, 2.24) is 5.32 Å². The van der Waals surface area contributed by atoms with Crippen LogP contribution < -0.4 is 5.32 Å². The van der Waals surface area contributed by atoms with E-state index in [2.05, 4.69) is 19.2 Å². The highest BCUT2D eigenvalue weighted by atomic mass is 31.2. The number of hydrogen-bond acceptors (Lipinski definition) is 5. The summed E-state index contributed by atoms with van der Waals surface area (Å²) < 4.78 is 23.6. The Morgan fingerprint density at radius 2 is 0.906 bits per heavy atom. The molecule has 0 saturated carbocycles. The van der Waals surface area contributed by atoms with E-state index in [4.69, 9.17) is 9.05 Å². The van der Waals surface area contributed by atoms with Gasteiger partial charge in [0.1, 0.15) is 13.2 Å². The Balaban J connectivity index is 4.30. The molecule has 1 amide bonds. The number of unbranched alkanes of at least 4 members (excludes halogenated alkanes) is 29. The van der Waals surface area contributed by atoms with Crippen molar-refractivity contribution >= 4 is 13.7 Å². The summed E-state index contributed by atoms with van der Waals surface area (Å²) in [5, 5.41) is 14.0. The fourth-order valence-electron chi connectivity index (χ4n) is 6.93. The normalized spacial score (nSPS) is 14.3. The zero-order valence-electron chi connectivity index (χ0n) is 36.0. The molecule has 0 saturated heterocycles. The van der Waals surface area contributed by atoms with Crippen molar-refractivity contribution in [2.24, 2.45) is 0 Å². The first-order valence-electron chi connectivity index (χ1n) is 22.9. The summed E-state index contributed by atoms with van der Waals surface area (Å²) in [6.45, 7) is 4.91. The molecule has 0 bridgehead atoms. The smallest absolute Gasteiger partial charge is 0.391 e. The second kappa shape index (κ2) is 37.1. The number of phosphoric ester groups is 1. The van der Waals surface area contributed by atoms with Crippen LogP contribution in [0.15, 0.2) is 0 Å². The van der Waals surface area contributed by atoms with Crippen LogP contribution in [0.3, 0.4) is 0 Å². The van der Waals surface area contributed by atoms with E-state index in [9.17, 15) is 19.4 Å². The van der Waals surface area contributed by atoms with Gasteiger partial charge in [0.15, 0.2) is 0 Å². The van der Waals surface area contributed by atoms with Gasteiger partial charge in [0.2, 0.25) is 5.91 Å². The van der Waals surface area contributed by atoms with Gasteiger partial charge in [0.05, 0.1) is 39.9 Å². The van der Waals surface area contributed by atoms with E-state index in [1.165, 1.54) is 161 Å². The lowest BCUT2D eigenvalue weighted by molar-refractivity contribution is -0.870. The van der Waals surface area contributed by atoms with Gasteiger partial charge in [-0.1, -0.05) is 206 Å². The quantitative estimate of drug-likeness (QED) is 0.0324. The SMILES string of the molecule is CCCCCCCCCCCCCCCCCCCCC(O)C(COP(=O)(O)OCC[N+](C)(C)C)NC(=O)CCCCCCCCCCCCCCC. The molecular formula is C44H92N2O6P+. The Morgan fingerprint density at radius 1 is 0.566 bits per heavy atom. The zero-order chi connectivity index (χ0) is 39.3. The minimum atomic E-state index is -4.31. The van der Waals surface area contributed by atoms with E-state index in [1.807, 2.05) is 21.1 Å². The second-order valence-electron chi connectivity index (χ2n) is 17.1. The molecule has 0 heterocycles. The predicted molar refractivity (Wildman–Crippen MR) is 226 cm³/mol. The monoisotopic (exact) mass is 776 g/mol. The Hall–Kier alpha value is -0.500. The van der Waals surface area contributed by atoms with Gasteiger partial charge in [-0.3, -0.25) is 13.8 Å². The molecule has 0 aromatic carbocycles. The predicted octanol–water partition coefficient (Wildman–Crippen LogP) is 12.6. The molecule has 0 aliphatic heterocycles. The molecule has 53 heavy (non-hydrogen) atoms. The Labute approximate surface area is 329 Å². The van der Waals surface area contributed by atoms with E-state index < -0.39 is 20.0 Å². The number of nitrogens with one attached hydrogen (secondary N) is 1. The van der Waals surface area contributed by atoms with Gasteiger partial charge in [-0.15, -0.1) is 0 Å². The van der Waals surface area contributed by atoms with E-state index in [-0.39, 0.29) is 19.1 Å². The Bertz CT molecular complexity index is 839. The van der Waals surface area contributed by atoms with Crippen LogP contribution >= 0.6 is 7.82 Å². The van der Waals surface area contributed by atoms with Gasteiger partial charge in [-0.05, 0) is 12.8 Å². The molecule has 0 aromatic rings. The number of aliphatic hydroxyl groups is 1. The molecule has 0 fully saturated rings.